The molecule has 11 nitrogen and oxygen atoms in total. The fourth-order valence-corrected chi connectivity index (χ4v) is 4.12. The maximum Gasteiger partial charge on any atom is 0.413 e. The number of halogens is 2. The number of carbonyl (C=O) groups excluding carboxylic acids is 1. The van der Waals surface area contributed by atoms with E-state index in [-0.39, 0.29) is 17.8 Å². The predicted octanol–water partition coefficient (Wildman–Crippen LogP) is 4.62. The van der Waals surface area contributed by atoms with Crippen LogP contribution in [0.2, 0.25) is 0 Å². The summed E-state index contributed by atoms with van der Waals surface area (Å²) in [6, 6.07) is 4.62. The number of carbonyl (C=O) groups is 1. The second-order valence-corrected chi connectivity index (χ2v) is 9.81. The Balaban J connectivity index is 1.51. The molecule has 0 atom stereocenters. The first-order valence-electron chi connectivity index (χ1n) is 12.2. The molecule has 0 bridgehead atoms. The Morgan fingerprint density at radius 1 is 1.29 bits per heavy atom. The van der Waals surface area contributed by atoms with Gasteiger partial charge >= 0.3 is 12.7 Å². The summed E-state index contributed by atoms with van der Waals surface area (Å²) < 4.78 is 49.0. The number of rotatable bonds is 7. The van der Waals surface area contributed by atoms with Crippen molar-refractivity contribution in [3.05, 3.63) is 30.6 Å². The summed E-state index contributed by atoms with van der Waals surface area (Å²) in [5.41, 5.74) is 1.70. The van der Waals surface area contributed by atoms with Gasteiger partial charge in [-0.15, -0.1) is 0 Å². The Kier molecular flexibility index (Phi) is 7.13. The van der Waals surface area contributed by atoms with Gasteiger partial charge in [0.05, 0.1) is 24.9 Å². The largest absolute Gasteiger partial charge is 0.435 e. The van der Waals surface area contributed by atoms with Crippen molar-refractivity contribution in [2.45, 2.75) is 58.6 Å². The van der Waals surface area contributed by atoms with E-state index in [1.165, 1.54) is 24.5 Å². The first-order valence-corrected chi connectivity index (χ1v) is 12.2. The molecule has 1 aromatic carbocycles. The van der Waals surface area contributed by atoms with Crippen LogP contribution in [-0.2, 0) is 16.0 Å². The summed E-state index contributed by atoms with van der Waals surface area (Å²) in [7, 11) is 0. The van der Waals surface area contributed by atoms with Crippen molar-refractivity contribution in [3.63, 3.8) is 0 Å². The Morgan fingerprint density at radius 3 is 2.82 bits per heavy atom. The van der Waals surface area contributed by atoms with E-state index in [9.17, 15) is 13.6 Å². The van der Waals surface area contributed by atoms with Gasteiger partial charge in [-0.05, 0) is 45.4 Å². The van der Waals surface area contributed by atoms with Gasteiger partial charge in [0.2, 0.25) is 0 Å². The molecular formula is C25H28F2N6O5. The van der Waals surface area contributed by atoms with Crippen LogP contribution in [0.1, 0.15) is 33.6 Å². The second-order valence-electron chi connectivity index (χ2n) is 9.81. The number of nitrogens with one attached hydrogen (secondary N) is 2. The fourth-order valence-electron chi connectivity index (χ4n) is 4.12. The minimum Gasteiger partial charge on any atom is -0.435 e. The number of benzene rings is 1. The van der Waals surface area contributed by atoms with Crippen LogP contribution < -0.4 is 14.8 Å². The van der Waals surface area contributed by atoms with E-state index in [1.807, 2.05) is 20.8 Å². The zero-order chi connectivity index (χ0) is 26.9. The summed E-state index contributed by atoms with van der Waals surface area (Å²) in [4.78, 5) is 24.3. The standard InChI is InChI=1S/C25H28F2N6O5/c1-25(2,3)31-24(34)38-18-13-29-22-21(18)30-16(12-28-22)20-15-11-14(37-23(26)27)5-6-17(15)33(32-20)8-7-19-35-9-4-10-36-19/h5-6,11-13,19,23H,4,7-10H2,1-3H3,(H,28,29)(H,31,34). The van der Waals surface area contributed by atoms with Crippen LogP contribution in [0, 0.1) is 0 Å². The fraction of sp³-hybridized carbons (Fsp3) is 0.440. The molecule has 4 heterocycles. The molecule has 1 saturated heterocycles. The maximum atomic E-state index is 12.9. The van der Waals surface area contributed by atoms with Gasteiger partial charge in [-0.25, -0.2) is 14.8 Å². The monoisotopic (exact) mass is 530 g/mol. The van der Waals surface area contributed by atoms with E-state index in [0.717, 1.165) is 6.42 Å². The van der Waals surface area contributed by atoms with Crippen molar-refractivity contribution in [2.75, 3.05) is 13.2 Å². The lowest BCUT2D eigenvalue weighted by Gasteiger charge is -2.23. The highest BCUT2D eigenvalue weighted by atomic mass is 19.3. The van der Waals surface area contributed by atoms with Crippen LogP contribution in [0.3, 0.4) is 0 Å². The van der Waals surface area contributed by atoms with E-state index < -0.39 is 18.2 Å². The summed E-state index contributed by atoms with van der Waals surface area (Å²) in [5, 5.41) is 8.00. The third kappa shape index (κ3) is 5.83. The first-order chi connectivity index (χ1) is 18.2. The van der Waals surface area contributed by atoms with Gasteiger partial charge in [-0.1, -0.05) is 0 Å². The van der Waals surface area contributed by atoms with Crippen LogP contribution in [0.4, 0.5) is 13.6 Å². The number of nitrogens with zero attached hydrogens (tertiary/aromatic N) is 4. The Bertz CT molecular complexity index is 1440. The number of hydrogen-bond acceptors (Lipinski definition) is 8. The number of aromatic amines is 1. The molecule has 38 heavy (non-hydrogen) atoms. The molecule has 1 aliphatic heterocycles. The summed E-state index contributed by atoms with van der Waals surface area (Å²) in [5.74, 6) is 0.180. The predicted molar refractivity (Wildman–Crippen MR) is 133 cm³/mol. The number of alkyl halides is 2. The zero-order valence-electron chi connectivity index (χ0n) is 21.2. The lowest BCUT2D eigenvalue weighted by molar-refractivity contribution is -0.182. The number of aryl methyl sites for hydroxylation is 1. The van der Waals surface area contributed by atoms with Crippen LogP contribution in [0.25, 0.3) is 33.5 Å². The molecule has 5 rings (SSSR count). The van der Waals surface area contributed by atoms with Crippen LogP contribution in [0.15, 0.2) is 30.6 Å². The molecule has 0 saturated carbocycles. The number of H-pyrrole nitrogens is 1. The maximum absolute atomic E-state index is 12.9. The minimum absolute atomic E-state index is 0.00852. The van der Waals surface area contributed by atoms with Gasteiger partial charge in [-0.2, -0.15) is 13.9 Å². The Labute approximate surface area is 216 Å². The third-order valence-corrected chi connectivity index (χ3v) is 5.69. The lowest BCUT2D eigenvalue weighted by atomic mass is 10.1. The molecule has 0 aliphatic carbocycles. The summed E-state index contributed by atoms with van der Waals surface area (Å²) >= 11 is 0. The molecule has 1 fully saturated rings. The summed E-state index contributed by atoms with van der Waals surface area (Å²) in [6.45, 7) is 4.26. The number of ether oxygens (including phenoxy) is 4. The van der Waals surface area contributed by atoms with Crippen molar-refractivity contribution < 1.29 is 32.5 Å². The first kappa shape index (κ1) is 25.8. The van der Waals surface area contributed by atoms with Crippen LogP contribution in [0.5, 0.6) is 11.5 Å². The van der Waals surface area contributed by atoms with E-state index >= 15 is 0 Å². The molecule has 0 radical (unpaired) electrons. The molecule has 1 aliphatic rings. The van der Waals surface area contributed by atoms with Crippen molar-refractivity contribution in [3.8, 4) is 22.9 Å². The van der Waals surface area contributed by atoms with Crippen molar-refractivity contribution in [1.82, 2.24) is 30.0 Å². The van der Waals surface area contributed by atoms with Gasteiger partial charge in [0.25, 0.3) is 0 Å². The van der Waals surface area contributed by atoms with Crippen molar-refractivity contribution >= 4 is 28.2 Å². The SMILES string of the molecule is CC(C)(C)NC(=O)Oc1c[nH]c2ncc(-c3nn(CCC4OCCCO4)c4ccc(OC(F)F)cc34)nc12. The quantitative estimate of drug-likeness (QED) is 0.355. The van der Waals surface area contributed by atoms with Gasteiger partial charge in [0, 0.05) is 30.1 Å². The third-order valence-electron chi connectivity index (χ3n) is 5.69. The van der Waals surface area contributed by atoms with Crippen molar-refractivity contribution in [2.24, 2.45) is 0 Å². The highest BCUT2D eigenvalue weighted by molar-refractivity contribution is 5.94. The highest BCUT2D eigenvalue weighted by Gasteiger charge is 2.22. The summed E-state index contributed by atoms with van der Waals surface area (Å²) in [6.07, 6.45) is 3.42. The minimum atomic E-state index is -2.97. The highest BCUT2D eigenvalue weighted by Crippen LogP contribution is 2.33. The lowest BCUT2D eigenvalue weighted by Crippen LogP contribution is -2.42. The van der Waals surface area contributed by atoms with E-state index in [0.29, 0.717) is 59.6 Å². The van der Waals surface area contributed by atoms with Crippen LogP contribution in [-0.4, -0.2) is 62.5 Å². The van der Waals surface area contributed by atoms with Gasteiger partial charge in [-0.3, -0.25) is 4.68 Å². The van der Waals surface area contributed by atoms with E-state index in [4.69, 9.17) is 19.3 Å². The zero-order valence-corrected chi connectivity index (χ0v) is 21.2. The Hall–Kier alpha value is -3.84. The van der Waals surface area contributed by atoms with Gasteiger partial charge < -0.3 is 29.2 Å². The number of fused-ring (bicyclic) bond motifs is 2. The second kappa shape index (κ2) is 10.5. The van der Waals surface area contributed by atoms with Crippen LogP contribution >= 0.6 is 0 Å². The van der Waals surface area contributed by atoms with Gasteiger partial charge in [0.15, 0.2) is 23.2 Å². The molecule has 4 aromatic rings. The normalized spacial score (nSPS) is 14.9. The Morgan fingerprint density at radius 2 is 2.08 bits per heavy atom. The molecule has 1 amide bonds. The molecular weight excluding hydrogens is 502 g/mol. The molecule has 2 N–H and O–H groups in total. The number of hydrogen-bond donors (Lipinski definition) is 2. The van der Waals surface area contributed by atoms with E-state index in [1.54, 1.807) is 10.7 Å². The number of amides is 1. The average Bonchev–Trinajstić information content (AvgIpc) is 3.42. The molecule has 13 heteroatoms. The smallest absolute Gasteiger partial charge is 0.413 e. The van der Waals surface area contributed by atoms with Crippen molar-refractivity contribution in [1.29, 1.82) is 0 Å². The molecule has 0 spiro atoms. The molecule has 202 valence electrons. The molecule has 0 unspecified atom stereocenters. The topological polar surface area (TPSA) is 125 Å². The average molecular weight is 531 g/mol. The van der Waals surface area contributed by atoms with E-state index in [2.05, 4.69) is 25.0 Å². The molecule has 3 aromatic heterocycles. The number of aromatic nitrogens is 5. The van der Waals surface area contributed by atoms with Gasteiger partial charge in [0.1, 0.15) is 17.1 Å².